The van der Waals surface area contributed by atoms with E-state index < -0.39 is 0 Å². The van der Waals surface area contributed by atoms with E-state index in [1.165, 1.54) is 0 Å². The molecule has 1 aromatic rings. The van der Waals surface area contributed by atoms with Crippen molar-refractivity contribution in [1.29, 1.82) is 0 Å². The average molecular weight is 152 g/mol. The van der Waals surface area contributed by atoms with Crippen LogP contribution in [-0.2, 0) is 13.0 Å². The molecule has 0 aliphatic carbocycles. The number of rotatable bonds is 3. The largest absolute Gasteiger partial charge is 0.296 e. The monoisotopic (exact) mass is 152 g/mol. The highest BCUT2D eigenvalue weighted by Gasteiger charge is 2.02. The molecule has 11 heavy (non-hydrogen) atoms. The normalized spacial score (nSPS) is 10.0. The van der Waals surface area contributed by atoms with Gasteiger partial charge in [-0.05, 0) is 19.4 Å². The van der Waals surface area contributed by atoms with Crippen molar-refractivity contribution in [2.24, 2.45) is 0 Å². The predicted molar refractivity (Wildman–Crippen MR) is 42.7 cm³/mol. The molecule has 0 atom stereocenters. The Labute approximate surface area is 66.0 Å². The van der Waals surface area contributed by atoms with Gasteiger partial charge in [-0.3, -0.25) is 9.48 Å². The zero-order valence-electron chi connectivity index (χ0n) is 6.87. The first kappa shape index (κ1) is 7.98. The third-order valence-electron chi connectivity index (χ3n) is 1.66. The Kier molecular flexibility index (Phi) is 2.41. The molecule has 0 amide bonds. The van der Waals surface area contributed by atoms with Gasteiger partial charge in [-0.1, -0.05) is 6.92 Å². The van der Waals surface area contributed by atoms with E-state index in [1.54, 1.807) is 0 Å². The fourth-order valence-electron chi connectivity index (χ4n) is 1.09. The Morgan fingerprint density at radius 1 is 1.64 bits per heavy atom. The summed E-state index contributed by atoms with van der Waals surface area (Å²) in [7, 11) is 0. The van der Waals surface area contributed by atoms with Crippen LogP contribution in [0.1, 0.15) is 30.0 Å². The van der Waals surface area contributed by atoms with Crippen molar-refractivity contribution < 1.29 is 4.79 Å². The molecule has 0 unspecified atom stereocenters. The maximum Gasteiger partial charge on any atom is 0.170 e. The van der Waals surface area contributed by atoms with Crippen LogP contribution >= 0.6 is 0 Å². The van der Waals surface area contributed by atoms with Gasteiger partial charge in [-0.15, -0.1) is 0 Å². The van der Waals surface area contributed by atoms with Gasteiger partial charge >= 0.3 is 0 Å². The molecule has 0 saturated carbocycles. The standard InChI is InChI=1S/C8H12N2O/c1-3-8-5-7(6-11)9-10(8)4-2/h5-6H,3-4H2,1-2H3. The van der Waals surface area contributed by atoms with Crippen LogP contribution < -0.4 is 0 Å². The van der Waals surface area contributed by atoms with Gasteiger partial charge in [0, 0.05) is 12.2 Å². The molecular weight excluding hydrogens is 140 g/mol. The molecular formula is C8H12N2O. The first-order valence-corrected chi connectivity index (χ1v) is 3.83. The van der Waals surface area contributed by atoms with Gasteiger partial charge in [0.1, 0.15) is 5.69 Å². The number of aryl methyl sites for hydroxylation is 2. The van der Waals surface area contributed by atoms with E-state index in [0.717, 1.165) is 24.9 Å². The summed E-state index contributed by atoms with van der Waals surface area (Å²) in [6.07, 6.45) is 1.71. The molecule has 60 valence electrons. The number of hydrogen-bond donors (Lipinski definition) is 0. The summed E-state index contributed by atoms with van der Waals surface area (Å²) in [5, 5.41) is 4.07. The molecule has 0 radical (unpaired) electrons. The lowest BCUT2D eigenvalue weighted by Gasteiger charge is -1.98. The third-order valence-corrected chi connectivity index (χ3v) is 1.66. The summed E-state index contributed by atoms with van der Waals surface area (Å²) in [5.74, 6) is 0. The van der Waals surface area contributed by atoms with Gasteiger partial charge in [-0.25, -0.2) is 0 Å². The topological polar surface area (TPSA) is 34.9 Å². The van der Waals surface area contributed by atoms with Crippen molar-refractivity contribution in [2.75, 3.05) is 0 Å². The molecule has 1 aromatic heterocycles. The van der Waals surface area contributed by atoms with Crippen LogP contribution in [-0.4, -0.2) is 16.1 Å². The lowest BCUT2D eigenvalue weighted by atomic mass is 10.3. The van der Waals surface area contributed by atoms with Crippen molar-refractivity contribution in [3.05, 3.63) is 17.5 Å². The van der Waals surface area contributed by atoms with Gasteiger partial charge in [0.25, 0.3) is 0 Å². The predicted octanol–water partition coefficient (Wildman–Crippen LogP) is 1.28. The van der Waals surface area contributed by atoms with Gasteiger partial charge in [0.15, 0.2) is 6.29 Å². The van der Waals surface area contributed by atoms with Crippen molar-refractivity contribution in [1.82, 2.24) is 9.78 Å². The Bertz CT molecular complexity index is 231. The molecule has 0 aliphatic rings. The third kappa shape index (κ3) is 1.48. The summed E-state index contributed by atoms with van der Waals surface area (Å²) in [6.45, 7) is 4.90. The molecule has 3 heteroatoms. The number of carbonyl (C=O) groups is 1. The van der Waals surface area contributed by atoms with Crippen molar-refractivity contribution in [3.63, 3.8) is 0 Å². The maximum atomic E-state index is 10.3. The van der Waals surface area contributed by atoms with Crippen LogP contribution in [0.4, 0.5) is 0 Å². The number of aldehydes is 1. The van der Waals surface area contributed by atoms with Crippen LogP contribution in [0.15, 0.2) is 6.07 Å². The molecule has 0 bridgehead atoms. The Balaban J connectivity index is 3.01. The second-order valence-corrected chi connectivity index (χ2v) is 2.35. The first-order chi connectivity index (χ1) is 5.31. The van der Waals surface area contributed by atoms with Crippen molar-refractivity contribution in [3.8, 4) is 0 Å². The summed E-state index contributed by atoms with van der Waals surface area (Å²) >= 11 is 0. The molecule has 3 nitrogen and oxygen atoms in total. The Hall–Kier alpha value is -1.12. The highest BCUT2D eigenvalue weighted by atomic mass is 16.1. The van der Waals surface area contributed by atoms with Crippen LogP contribution in [0.25, 0.3) is 0 Å². The first-order valence-electron chi connectivity index (χ1n) is 3.83. The van der Waals surface area contributed by atoms with E-state index in [0.29, 0.717) is 5.69 Å². The summed E-state index contributed by atoms with van der Waals surface area (Å²) in [5.41, 5.74) is 1.65. The van der Waals surface area contributed by atoms with E-state index in [1.807, 2.05) is 17.7 Å². The van der Waals surface area contributed by atoms with E-state index in [4.69, 9.17) is 0 Å². The zero-order chi connectivity index (χ0) is 8.27. The molecule has 0 N–H and O–H groups in total. The number of hydrogen-bond acceptors (Lipinski definition) is 2. The van der Waals surface area contributed by atoms with E-state index >= 15 is 0 Å². The minimum absolute atomic E-state index is 0.531. The number of aromatic nitrogens is 2. The Morgan fingerprint density at radius 2 is 2.36 bits per heavy atom. The lowest BCUT2D eigenvalue weighted by Crippen LogP contribution is -2.01. The highest BCUT2D eigenvalue weighted by Crippen LogP contribution is 2.02. The fraction of sp³-hybridized carbons (Fsp3) is 0.500. The van der Waals surface area contributed by atoms with Crippen LogP contribution in [0.3, 0.4) is 0 Å². The smallest absolute Gasteiger partial charge is 0.170 e. The second-order valence-electron chi connectivity index (χ2n) is 2.35. The van der Waals surface area contributed by atoms with Gasteiger partial charge < -0.3 is 0 Å². The molecule has 0 saturated heterocycles. The highest BCUT2D eigenvalue weighted by molar-refractivity contribution is 5.71. The van der Waals surface area contributed by atoms with Gasteiger partial charge in [0.2, 0.25) is 0 Å². The lowest BCUT2D eigenvalue weighted by molar-refractivity contribution is 0.111. The van der Waals surface area contributed by atoms with Gasteiger partial charge in [-0.2, -0.15) is 5.10 Å². The van der Waals surface area contributed by atoms with Crippen LogP contribution in [0.5, 0.6) is 0 Å². The van der Waals surface area contributed by atoms with Crippen LogP contribution in [0.2, 0.25) is 0 Å². The van der Waals surface area contributed by atoms with E-state index in [9.17, 15) is 4.79 Å². The van der Waals surface area contributed by atoms with Crippen molar-refractivity contribution in [2.45, 2.75) is 26.8 Å². The fourth-order valence-corrected chi connectivity index (χ4v) is 1.09. The summed E-state index contributed by atoms with van der Waals surface area (Å²) in [4.78, 5) is 10.3. The summed E-state index contributed by atoms with van der Waals surface area (Å²) < 4.78 is 1.85. The van der Waals surface area contributed by atoms with Crippen molar-refractivity contribution >= 4 is 6.29 Å². The second kappa shape index (κ2) is 3.32. The molecule has 0 aliphatic heterocycles. The molecule has 0 spiro atoms. The molecule has 1 heterocycles. The average Bonchev–Trinajstić information content (AvgIpc) is 2.46. The molecule has 0 aromatic carbocycles. The quantitative estimate of drug-likeness (QED) is 0.611. The molecule has 0 fully saturated rings. The maximum absolute atomic E-state index is 10.3. The zero-order valence-corrected chi connectivity index (χ0v) is 6.87. The Morgan fingerprint density at radius 3 is 2.73 bits per heavy atom. The minimum Gasteiger partial charge on any atom is -0.296 e. The number of nitrogens with zero attached hydrogens (tertiary/aromatic N) is 2. The minimum atomic E-state index is 0.531. The summed E-state index contributed by atoms with van der Waals surface area (Å²) in [6, 6.07) is 1.83. The number of carbonyl (C=O) groups excluding carboxylic acids is 1. The van der Waals surface area contributed by atoms with E-state index in [2.05, 4.69) is 12.0 Å². The SMILES string of the molecule is CCc1cc(C=O)nn1CC. The van der Waals surface area contributed by atoms with Gasteiger partial charge in [0.05, 0.1) is 0 Å². The van der Waals surface area contributed by atoms with E-state index in [-0.39, 0.29) is 0 Å². The van der Waals surface area contributed by atoms with Crippen LogP contribution in [0, 0.1) is 0 Å². The molecule has 1 rings (SSSR count).